The number of hydrogen-bond acceptors (Lipinski definition) is 6. The molecule has 166 valence electrons. The minimum Gasteiger partial charge on any atom is -0.416 e. The summed E-state index contributed by atoms with van der Waals surface area (Å²) in [5.41, 5.74) is 0.150. The van der Waals surface area contributed by atoms with Crippen LogP contribution in [0.25, 0.3) is 11.6 Å². The van der Waals surface area contributed by atoms with E-state index in [0.717, 1.165) is 0 Å². The van der Waals surface area contributed by atoms with Crippen molar-refractivity contribution in [2.24, 2.45) is 5.92 Å². The molecule has 6 nitrogen and oxygen atoms in total. The number of nitrogens with zero attached hydrogens (tertiary/aromatic N) is 3. The van der Waals surface area contributed by atoms with Crippen LogP contribution in [0.5, 0.6) is 0 Å². The molecule has 0 aromatic carbocycles. The molecule has 0 spiro atoms. The Morgan fingerprint density at radius 2 is 1.83 bits per heavy atom. The van der Waals surface area contributed by atoms with Crippen molar-refractivity contribution < 1.29 is 35.9 Å². The first kappa shape index (κ1) is 22.3. The van der Waals surface area contributed by atoms with E-state index < -0.39 is 47.4 Å². The van der Waals surface area contributed by atoms with Gasteiger partial charge >= 0.3 is 12.4 Å². The van der Waals surface area contributed by atoms with E-state index in [0.29, 0.717) is 25.3 Å². The first-order chi connectivity index (χ1) is 13.8. The third-order valence-electron chi connectivity index (χ3n) is 5.16. The van der Waals surface area contributed by atoms with E-state index in [1.54, 1.807) is 6.92 Å². The number of nitrogen functional groups attached to an aromatic ring is 1. The molecule has 0 aliphatic carbocycles. The van der Waals surface area contributed by atoms with Crippen LogP contribution in [0.15, 0.2) is 10.5 Å². The van der Waals surface area contributed by atoms with Crippen LogP contribution in [0.2, 0.25) is 0 Å². The molecule has 2 atom stereocenters. The summed E-state index contributed by atoms with van der Waals surface area (Å²) in [6, 6.07) is 0.663. The molecule has 3 rings (SSSR count). The first-order valence-electron chi connectivity index (χ1n) is 9.33. The largest absolute Gasteiger partial charge is 0.426 e. The van der Waals surface area contributed by atoms with E-state index in [1.165, 1.54) is 0 Å². The summed E-state index contributed by atoms with van der Waals surface area (Å²) in [6.07, 6.45) is -9.17. The quantitative estimate of drug-likeness (QED) is 0.583. The number of fused-ring (bicyclic) bond motifs is 5. The van der Waals surface area contributed by atoms with Crippen molar-refractivity contribution in [2.45, 2.75) is 63.4 Å². The zero-order valence-corrected chi connectivity index (χ0v) is 15.9. The Balaban J connectivity index is 2.17. The van der Waals surface area contributed by atoms with Crippen LogP contribution in [-0.2, 0) is 18.2 Å². The fourth-order valence-electron chi connectivity index (χ4n) is 3.48. The second kappa shape index (κ2) is 7.71. The maximum atomic E-state index is 13.6. The number of anilines is 1. The molecule has 3 heterocycles. The Labute approximate surface area is 167 Å². The Morgan fingerprint density at radius 1 is 1.13 bits per heavy atom. The molecule has 4 bridgehead atoms. The molecule has 0 unspecified atom stereocenters. The third-order valence-corrected chi connectivity index (χ3v) is 5.16. The molecule has 1 aliphatic rings. The van der Waals surface area contributed by atoms with Crippen LogP contribution in [0.1, 0.15) is 56.2 Å². The van der Waals surface area contributed by atoms with Gasteiger partial charge in [0.05, 0.1) is 16.9 Å². The highest BCUT2D eigenvalue weighted by molar-refractivity contribution is 5.67. The van der Waals surface area contributed by atoms with Crippen LogP contribution >= 0.6 is 0 Å². The van der Waals surface area contributed by atoms with Crippen LogP contribution < -0.4 is 5.73 Å². The van der Waals surface area contributed by atoms with Gasteiger partial charge in [-0.15, -0.1) is 10.2 Å². The normalized spacial score (nSPS) is 23.8. The predicted octanol–water partition coefficient (Wildman–Crippen LogP) is 4.63. The number of aliphatic hydroxyl groups is 1. The molecule has 2 aromatic rings. The van der Waals surface area contributed by atoms with E-state index in [9.17, 15) is 31.4 Å². The van der Waals surface area contributed by atoms with Gasteiger partial charge in [-0.2, -0.15) is 26.3 Å². The van der Waals surface area contributed by atoms with Crippen LogP contribution in [0.4, 0.5) is 32.0 Å². The average Bonchev–Trinajstić information content (AvgIpc) is 3.10. The van der Waals surface area contributed by atoms with Gasteiger partial charge in [-0.05, 0) is 31.2 Å². The topological polar surface area (TPSA) is 98.1 Å². The minimum absolute atomic E-state index is 0.00436. The lowest BCUT2D eigenvalue weighted by molar-refractivity contribution is -0.277. The molecule has 12 heteroatoms. The van der Waals surface area contributed by atoms with E-state index >= 15 is 0 Å². The zero-order valence-electron chi connectivity index (χ0n) is 15.9. The molecule has 2 aromatic heterocycles. The predicted molar refractivity (Wildman–Crippen MR) is 92.8 cm³/mol. The Hall–Kier alpha value is -2.37. The summed E-state index contributed by atoms with van der Waals surface area (Å²) in [4.78, 5) is 3.93. The molecular weight excluding hydrogens is 418 g/mol. The summed E-state index contributed by atoms with van der Waals surface area (Å²) in [7, 11) is 0. The van der Waals surface area contributed by atoms with E-state index in [-0.39, 0.29) is 30.1 Å². The standard InChI is InChI=1S/C18H20F6N4O2/c1-9-5-3-2-4-6-16(29,18(22,23)24)15-28-27-14(30-15)13-11(25)8-10(17(19,20)21)12(7-9)26-13/h8-9,29H,2-7,25H2,1H3/t9-,16-/m1/s1. The minimum atomic E-state index is -5.09. The second-order valence-electron chi connectivity index (χ2n) is 7.60. The molecule has 0 radical (unpaired) electrons. The number of halogens is 6. The molecule has 0 fully saturated rings. The molecule has 0 saturated heterocycles. The smallest absolute Gasteiger partial charge is 0.416 e. The molecule has 0 amide bonds. The second-order valence-corrected chi connectivity index (χ2v) is 7.60. The van der Waals surface area contributed by atoms with Crippen LogP contribution in [-0.4, -0.2) is 26.5 Å². The maximum Gasteiger partial charge on any atom is 0.426 e. The summed E-state index contributed by atoms with van der Waals surface area (Å²) in [6.45, 7) is 1.74. The van der Waals surface area contributed by atoms with Crippen molar-refractivity contribution in [2.75, 3.05) is 5.73 Å². The summed E-state index contributed by atoms with van der Waals surface area (Å²) < 4.78 is 86.1. The lowest BCUT2D eigenvalue weighted by atomic mass is 9.92. The van der Waals surface area contributed by atoms with Gasteiger partial charge in [0.1, 0.15) is 0 Å². The highest BCUT2D eigenvalue weighted by atomic mass is 19.4. The van der Waals surface area contributed by atoms with Crippen molar-refractivity contribution in [3.63, 3.8) is 0 Å². The fourth-order valence-corrected chi connectivity index (χ4v) is 3.48. The molecule has 30 heavy (non-hydrogen) atoms. The van der Waals surface area contributed by atoms with Gasteiger partial charge < -0.3 is 15.3 Å². The number of alkyl halides is 6. The monoisotopic (exact) mass is 438 g/mol. The highest BCUT2D eigenvalue weighted by Gasteiger charge is 2.58. The van der Waals surface area contributed by atoms with Gasteiger partial charge in [0.2, 0.25) is 5.60 Å². The highest BCUT2D eigenvalue weighted by Crippen LogP contribution is 2.44. The number of nitrogens with two attached hydrogens (primary N) is 1. The summed E-state index contributed by atoms with van der Waals surface area (Å²) in [5, 5.41) is 17.1. The first-order valence-corrected chi connectivity index (χ1v) is 9.33. The van der Waals surface area contributed by atoms with Gasteiger partial charge in [0, 0.05) is 0 Å². The zero-order chi connectivity index (χ0) is 22.3. The average molecular weight is 438 g/mol. The van der Waals surface area contributed by atoms with E-state index in [1.807, 2.05) is 0 Å². The van der Waals surface area contributed by atoms with Gasteiger partial charge in [0.25, 0.3) is 11.8 Å². The number of aromatic nitrogens is 3. The summed E-state index contributed by atoms with van der Waals surface area (Å²) in [5.74, 6) is -1.90. The van der Waals surface area contributed by atoms with Crippen LogP contribution in [0.3, 0.4) is 0 Å². The molecule has 1 aliphatic heterocycles. The van der Waals surface area contributed by atoms with E-state index in [2.05, 4.69) is 15.2 Å². The van der Waals surface area contributed by atoms with Crippen molar-refractivity contribution >= 4 is 5.69 Å². The number of pyridine rings is 1. The van der Waals surface area contributed by atoms with Crippen molar-refractivity contribution in [1.29, 1.82) is 0 Å². The van der Waals surface area contributed by atoms with Crippen molar-refractivity contribution in [3.8, 4) is 11.6 Å². The third kappa shape index (κ3) is 4.23. The lowest BCUT2D eigenvalue weighted by Crippen LogP contribution is -2.42. The van der Waals surface area contributed by atoms with Crippen LogP contribution in [0, 0.1) is 5.92 Å². The fraction of sp³-hybridized carbons (Fsp3) is 0.611. The van der Waals surface area contributed by atoms with Gasteiger partial charge in [-0.3, -0.25) is 0 Å². The van der Waals surface area contributed by atoms with Crippen molar-refractivity contribution in [3.05, 3.63) is 23.2 Å². The SMILES string of the molecule is C[C@@H]1CCCCC[C@](O)(C(F)(F)F)c2nnc(o2)-c2nc(c(C(F)(F)F)cc2N)C1. The molecule has 3 N–H and O–H groups in total. The molecular formula is C18H20F6N4O2. The van der Waals surface area contributed by atoms with Gasteiger partial charge in [-0.25, -0.2) is 4.98 Å². The lowest BCUT2D eigenvalue weighted by Gasteiger charge is -2.27. The Kier molecular flexibility index (Phi) is 5.74. The Morgan fingerprint density at radius 3 is 2.47 bits per heavy atom. The summed E-state index contributed by atoms with van der Waals surface area (Å²) >= 11 is 0. The van der Waals surface area contributed by atoms with Gasteiger partial charge in [0.15, 0.2) is 5.69 Å². The molecule has 0 saturated carbocycles. The van der Waals surface area contributed by atoms with Gasteiger partial charge in [-0.1, -0.05) is 26.2 Å². The Bertz CT molecular complexity index is 911. The number of hydrogen-bond donors (Lipinski definition) is 2. The van der Waals surface area contributed by atoms with E-state index in [4.69, 9.17) is 10.2 Å². The van der Waals surface area contributed by atoms with Crippen molar-refractivity contribution in [1.82, 2.24) is 15.2 Å². The maximum absolute atomic E-state index is 13.6. The number of rotatable bonds is 0.